The highest BCUT2D eigenvalue weighted by Gasteiger charge is 2.24. The maximum Gasteiger partial charge on any atom is 0.303 e. The summed E-state index contributed by atoms with van der Waals surface area (Å²) in [5, 5.41) is 9.07. The summed E-state index contributed by atoms with van der Waals surface area (Å²) in [6.07, 6.45) is 2.75. The second-order valence-corrected chi connectivity index (χ2v) is 8.27. The summed E-state index contributed by atoms with van der Waals surface area (Å²) in [5.41, 5.74) is 8.05. The van der Waals surface area contributed by atoms with E-state index in [4.69, 9.17) is 14.8 Å². The van der Waals surface area contributed by atoms with Crippen LogP contribution in [0, 0.1) is 20.8 Å². The second-order valence-electron chi connectivity index (χ2n) is 8.27. The molecule has 0 saturated carbocycles. The minimum Gasteiger partial charge on any atom is -0.493 e. The maximum absolute atomic E-state index is 11.0. The van der Waals surface area contributed by atoms with Crippen molar-refractivity contribution in [1.82, 2.24) is 9.97 Å². The molecule has 0 aliphatic heterocycles. The van der Waals surface area contributed by atoms with Crippen LogP contribution in [-0.4, -0.2) is 27.7 Å². The second kappa shape index (κ2) is 8.34. The van der Waals surface area contributed by atoms with Gasteiger partial charge in [-0.1, -0.05) is 29.8 Å². The van der Waals surface area contributed by atoms with Gasteiger partial charge in [0.15, 0.2) is 0 Å². The number of benzene rings is 2. The summed E-state index contributed by atoms with van der Waals surface area (Å²) in [4.78, 5) is 19.2. The zero-order valence-corrected chi connectivity index (χ0v) is 17.8. The standard InChI is InChI=1S/C25H28N2O3/c1-15-4-8-21(16(2)12-15)25-26-17(3)23(27-25)10-11-30-20-7-9-22-18(13-20)5-6-19(22)14-24(28)29/h4,7-9,12-13,19H,5-6,10-11,14H2,1-3H3,(H,26,27)(H,28,29)/t19-/m0/s1. The number of ether oxygens (including phenoxy) is 1. The Kier molecular flexibility index (Phi) is 5.62. The van der Waals surface area contributed by atoms with Gasteiger partial charge in [-0.05, 0) is 68.4 Å². The van der Waals surface area contributed by atoms with Gasteiger partial charge in [0.05, 0.1) is 18.7 Å². The molecule has 2 N–H and O–H groups in total. The van der Waals surface area contributed by atoms with Crippen LogP contribution in [0.2, 0.25) is 0 Å². The first-order valence-corrected chi connectivity index (χ1v) is 10.5. The molecule has 0 unspecified atom stereocenters. The lowest BCUT2D eigenvalue weighted by Crippen LogP contribution is -2.04. The fraction of sp³-hybridized carbons (Fsp3) is 0.360. The molecule has 5 heteroatoms. The largest absolute Gasteiger partial charge is 0.493 e. The Morgan fingerprint density at radius 1 is 1.20 bits per heavy atom. The number of carboxylic acid groups (broad SMARTS) is 1. The zero-order chi connectivity index (χ0) is 21.3. The van der Waals surface area contributed by atoms with Gasteiger partial charge in [0, 0.05) is 17.7 Å². The average Bonchev–Trinajstić information content (AvgIpc) is 3.25. The first-order chi connectivity index (χ1) is 14.4. The molecule has 0 spiro atoms. The highest BCUT2D eigenvalue weighted by atomic mass is 16.5. The van der Waals surface area contributed by atoms with Crippen molar-refractivity contribution in [2.24, 2.45) is 0 Å². The highest BCUT2D eigenvalue weighted by molar-refractivity contribution is 5.68. The van der Waals surface area contributed by atoms with Crippen LogP contribution in [0.25, 0.3) is 11.4 Å². The monoisotopic (exact) mass is 404 g/mol. The molecule has 1 aromatic heterocycles. The Balaban J connectivity index is 1.39. The van der Waals surface area contributed by atoms with Crippen LogP contribution in [0.3, 0.4) is 0 Å². The van der Waals surface area contributed by atoms with Crippen LogP contribution in [0.4, 0.5) is 0 Å². The molecule has 2 aromatic carbocycles. The molecule has 1 atom stereocenters. The Bertz CT molecular complexity index is 1080. The van der Waals surface area contributed by atoms with Crippen molar-refractivity contribution < 1.29 is 14.6 Å². The number of aromatic amines is 1. The van der Waals surface area contributed by atoms with Crippen molar-refractivity contribution in [1.29, 1.82) is 0 Å². The number of hydrogen-bond acceptors (Lipinski definition) is 3. The van der Waals surface area contributed by atoms with E-state index in [-0.39, 0.29) is 12.3 Å². The molecule has 0 bridgehead atoms. The Labute approximate surface area is 177 Å². The van der Waals surface area contributed by atoms with Crippen molar-refractivity contribution in [3.05, 3.63) is 70.0 Å². The van der Waals surface area contributed by atoms with E-state index in [0.29, 0.717) is 6.61 Å². The summed E-state index contributed by atoms with van der Waals surface area (Å²) in [6, 6.07) is 12.4. The molecule has 0 fully saturated rings. The summed E-state index contributed by atoms with van der Waals surface area (Å²) >= 11 is 0. The number of imidazole rings is 1. The molecule has 4 rings (SSSR count). The zero-order valence-electron chi connectivity index (χ0n) is 17.8. The van der Waals surface area contributed by atoms with Gasteiger partial charge < -0.3 is 14.8 Å². The van der Waals surface area contributed by atoms with E-state index in [0.717, 1.165) is 53.4 Å². The minimum atomic E-state index is -0.734. The molecule has 0 radical (unpaired) electrons. The summed E-state index contributed by atoms with van der Waals surface area (Å²) in [7, 11) is 0. The van der Waals surface area contributed by atoms with E-state index < -0.39 is 5.97 Å². The lowest BCUT2D eigenvalue weighted by atomic mass is 9.98. The third kappa shape index (κ3) is 4.25. The summed E-state index contributed by atoms with van der Waals surface area (Å²) in [6.45, 7) is 6.80. The molecule has 5 nitrogen and oxygen atoms in total. The number of nitrogens with zero attached hydrogens (tertiary/aromatic N) is 1. The first-order valence-electron chi connectivity index (χ1n) is 10.5. The van der Waals surface area contributed by atoms with E-state index in [1.54, 1.807) is 0 Å². The van der Waals surface area contributed by atoms with Crippen molar-refractivity contribution in [2.45, 2.75) is 52.4 Å². The van der Waals surface area contributed by atoms with E-state index in [2.05, 4.69) is 43.1 Å². The van der Waals surface area contributed by atoms with E-state index in [1.807, 2.05) is 19.1 Å². The van der Waals surface area contributed by atoms with Crippen LogP contribution in [0.15, 0.2) is 36.4 Å². The number of aliphatic carboxylic acids is 1. The normalized spacial score (nSPS) is 15.2. The minimum absolute atomic E-state index is 0.127. The SMILES string of the molecule is Cc1ccc(-c2nc(CCOc3ccc4c(c3)CC[C@H]4CC(=O)O)c(C)[nH]2)c(C)c1. The van der Waals surface area contributed by atoms with Crippen molar-refractivity contribution in [3.63, 3.8) is 0 Å². The Hall–Kier alpha value is -3.08. The Morgan fingerprint density at radius 2 is 2.03 bits per heavy atom. The number of hydrogen-bond donors (Lipinski definition) is 2. The highest BCUT2D eigenvalue weighted by Crippen LogP contribution is 2.37. The van der Waals surface area contributed by atoms with E-state index in [9.17, 15) is 4.79 Å². The molecular weight excluding hydrogens is 376 g/mol. The van der Waals surface area contributed by atoms with Crippen LogP contribution >= 0.6 is 0 Å². The van der Waals surface area contributed by atoms with Crippen molar-refractivity contribution >= 4 is 5.97 Å². The first kappa shape index (κ1) is 20.2. The average molecular weight is 405 g/mol. The number of H-pyrrole nitrogens is 1. The summed E-state index contributed by atoms with van der Waals surface area (Å²) in [5.74, 6) is 1.14. The van der Waals surface area contributed by atoms with Gasteiger partial charge in [0.1, 0.15) is 11.6 Å². The van der Waals surface area contributed by atoms with Gasteiger partial charge in [-0.3, -0.25) is 4.79 Å². The van der Waals surface area contributed by atoms with Crippen molar-refractivity contribution in [2.75, 3.05) is 6.61 Å². The number of fused-ring (bicyclic) bond motifs is 1. The molecule has 30 heavy (non-hydrogen) atoms. The lowest BCUT2D eigenvalue weighted by molar-refractivity contribution is -0.137. The lowest BCUT2D eigenvalue weighted by Gasteiger charge is -2.10. The van der Waals surface area contributed by atoms with Crippen LogP contribution in [0.5, 0.6) is 5.75 Å². The van der Waals surface area contributed by atoms with E-state index >= 15 is 0 Å². The molecule has 156 valence electrons. The fourth-order valence-corrected chi connectivity index (χ4v) is 4.41. The van der Waals surface area contributed by atoms with Crippen LogP contribution in [-0.2, 0) is 17.6 Å². The molecule has 1 heterocycles. The predicted molar refractivity (Wildman–Crippen MR) is 117 cm³/mol. The number of carboxylic acids is 1. The van der Waals surface area contributed by atoms with Crippen molar-refractivity contribution in [3.8, 4) is 17.1 Å². The van der Waals surface area contributed by atoms with E-state index in [1.165, 1.54) is 16.7 Å². The molecule has 3 aromatic rings. The number of aromatic nitrogens is 2. The van der Waals surface area contributed by atoms with Crippen LogP contribution < -0.4 is 4.74 Å². The quantitative estimate of drug-likeness (QED) is 0.573. The van der Waals surface area contributed by atoms with Gasteiger partial charge in [-0.15, -0.1) is 0 Å². The maximum atomic E-state index is 11.0. The van der Waals surface area contributed by atoms with Gasteiger partial charge >= 0.3 is 5.97 Å². The third-order valence-electron chi connectivity index (χ3n) is 5.97. The van der Waals surface area contributed by atoms with Crippen LogP contribution in [0.1, 0.15) is 52.4 Å². The van der Waals surface area contributed by atoms with Gasteiger partial charge in [-0.25, -0.2) is 4.98 Å². The number of rotatable bonds is 7. The number of aryl methyl sites for hydroxylation is 4. The number of nitrogens with one attached hydrogen (secondary N) is 1. The fourth-order valence-electron chi connectivity index (χ4n) is 4.41. The smallest absolute Gasteiger partial charge is 0.303 e. The molecular formula is C25H28N2O3. The molecule has 0 amide bonds. The van der Waals surface area contributed by atoms with Gasteiger partial charge in [0.2, 0.25) is 0 Å². The third-order valence-corrected chi connectivity index (χ3v) is 5.97. The molecule has 1 aliphatic carbocycles. The van der Waals surface area contributed by atoms with Gasteiger partial charge in [0.25, 0.3) is 0 Å². The summed E-state index contributed by atoms with van der Waals surface area (Å²) < 4.78 is 5.99. The topological polar surface area (TPSA) is 75.2 Å². The Morgan fingerprint density at radius 3 is 2.80 bits per heavy atom. The molecule has 1 aliphatic rings. The number of carbonyl (C=O) groups is 1. The predicted octanol–water partition coefficient (Wildman–Crippen LogP) is 5.13. The molecule has 0 saturated heterocycles. The van der Waals surface area contributed by atoms with Gasteiger partial charge in [-0.2, -0.15) is 0 Å².